The largest absolute Gasteiger partial charge is 0.350 e. The number of rotatable bonds is 20. The average molecular weight is 1450 g/mol. The van der Waals surface area contributed by atoms with E-state index in [0.29, 0.717) is 58.8 Å². The fourth-order valence-corrected chi connectivity index (χ4v) is 13.5. The monoisotopic (exact) mass is 1450 g/mol. The van der Waals surface area contributed by atoms with Crippen LogP contribution in [0.5, 0.6) is 0 Å². The van der Waals surface area contributed by atoms with Crippen LogP contribution < -0.4 is 63.8 Å². The molecule has 8 aromatic heterocycles. The molecule has 0 unspecified atom stereocenters. The lowest BCUT2D eigenvalue weighted by Crippen LogP contribution is -2.38. The van der Waals surface area contributed by atoms with Crippen molar-refractivity contribution in [3.63, 3.8) is 0 Å². The minimum absolute atomic E-state index is 0.259. The predicted octanol–water partition coefficient (Wildman–Crippen LogP) is 14.1. The zero-order valence-corrected chi connectivity index (χ0v) is 63.4. The molecule has 0 saturated carbocycles. The summed E-state index contributed by atoms with van der Waals surface area (Å²) in [6, 6.07) is 34.8. The molecule has 16 rings (SSSR count). The van der Waals surface area contributed by atoms with Crippen molar-refractivity contribution >= 4 is 126 Å². The van der Waals surface area contributed by atoms with Crippen LogP contribution in [-0.4, -0.2) is 155 Å². The maximum absolute atomic E-state index is 6.11. The van der Waals surface area contributed by atoms with Crippen LogP contribution in [0.2, 0.25) is 5.02 Å². The first-order valence-corrected chi connectivity index (χ1v) is 37.7. The van der Waals surface area contributed by atoms with Crippen molar-refractivity contribution in [2.45, 2.75) is 163 Å². The van der Waals surface area contributed by atoms with Crippen LogP contribution in [-0.2, 0) is 0 Å². The van der Waals surface area contributed by atoms with Crippen LogP contribution >= 0.6 is 11.6 Å². The molecule has 29 heteroatoms. The Hall–Kier alpha value is -10.4. The number of benzene rings is 4. The van der Waals surface area contributed by atoms with Crippen LogP contribution in [0.15, 0.2) is 122 Å². The van der Waals surface area contributed by atoms with Gasteiger partial charge < -0.3 is 82.1 Å². The molecule has 4 aliphatic rings. The van der Waals surface area contributed by atoms with Gasteiger partial charge in [0.2, 0.25) is 23.8 Å². The van der Waals surface area contributed by atoms with E-state index in [-0.39, 0.29) is 24.2 Å². The highest BCUT2D eigenvalue weighted by Gasteiger charge is 2.25. The number of hydrogen-bond acceptors (Lipinski definition) is 24. The lowest BCUT2D eigenvalue weighted by molar-refractivity contribution is 0.478. The molecule has 4 fully saturated rings. The molecular formula is C77H101ClN28. The number of nitrogens with zero attached hydrogens (tertiary/aromatic N) is 16. The molecule has 12 aromatic rings. The van der Waals surface area contributed by atoms with Crippen molar-refractivity contribution < 1.29 is 0 Å². The van der Waals surface area contributed by atoms with E-state index in [0.717, 1.165) is 176 Å². The molecule has 0 aliphatic carbocycles. The van der Waals surface area contributed by atoms with Crippen molar-refractivity contribution in [3.05, 3.63) is 144 Å². The predicted molar refractivity (Wildman–Crippen MR) is 430 cm³/mol. The van der Waals surface area contributed by atoms with Gasteiger partial charge in [-0.2, -0.15) is 39.9 Å². The van der Waals surface area contributed by atoms with Crippen LogP contribution in [0.25, 0.3) is 44.7 Å². The number of aromatic nitrogens is 16. The van der Waals surface area contributed by atoms with E-state index < -0.39 is 0 Å². The molecule has 12 heterocycles. The Kier molecular flexibility index (Phi) is 23.9. The lowest BCUT2D eigenvalue weighted by Gasteiger charge is -2.24. The maximum atomic E-state index is 6.11. The zero-order chi connectivity index (χ0) is 73.8. The van der Waals surface area contributed by atoms with Gasteiger partial charge >= 0.3 is 0 Å². The number of halogens is 1. The van der Waals surface area contributed by atoms with Crippen LogP contribution in [0.1, 0.15) is 135 Å². The highest BCUT2D eigenvalue weighted by molar-refractivity contribution is 6.30. The molecule has 0 spiro atoms. The lowest BCUT2D eigenvalue weighted by atomic mass is 10.1. The number of piperidine rings is 2. The van der Waals surface area contributed by atoms with Crippen LogP contribution in [0.3, 0.4) is 0 Å². The standard InChI is InChI=1S/2C20H27N7.C19H25N7.C18H22ClN7/c2*1-13(2)27-12-22-17-18(23-15-7-4-6-14(3)10-15)25-20(26-19(17)27)24-16-8-5-9-21-11-16;1-12(2)26-11-21-16-17(22-14-6-4-5-13(3)9-14)24-19(25-18(16)26)23-15-7-8-20-10-15;1-11(2)26-10-21-15-16(22-13-5-3-4-12(19)8-13)24-18(25-17(15)26)23-14-6-7-20-9-14/h2*4,6-7,10,12-13,16,21H,5,8-9,11H2,1-3H3,(H2,23,24,25,26);4-6,9,11-12,15,20H,7-8,10H2,1-3H3,(H2,22,23,24,25);3-5,8,10-11,14,20H,6-7,9H2,1-2H3,(H2,22,23,24,25)/t2*16-;15-;14-/m1010/s1. The van der Waals surface area contributed by atoms with Crippen molar-refractivity contribution in [2.75, 3.05) is 94.9 Å². The molecule has 0 amide bonds. The summed E-state index contributed by atoms with van der Waals surface area (Å²) < 4.78 is 8.31. The van der Waals surface area contributed by atoms with Crippen molar-refractivity contribution in [3.8, 4) is 0 Å². The van der Waals surface area contributed by atoms with E-state index in [4.69, 9.17) is 46.5 Å². The van der Waals surface area contributed by atoms with Gasteiger partial charge in [0, 0.05) is 102 Å². The summed E-state index contributed by atoms with van der Waals surface area (Å²) >= 11 is 6.11. The van der Waals surface area contributed by atoms with Gasteiger partial charge in [0.15, 0.2) is 67.9 Å². The normalized spacial score (nSPS) is 17.3. The third-order valence-electron chi connectivity index (χ3n) is 18.9. The molecule has 4 atom stereocenters. The zero-order valence-electron chi connectivity index (χ0n) is 62.6. The van der Waals surface area contributed by atoms with Gasteiger partial charge in [-0.15, -0.1) is 0 Å². The summed E-state index contributed by atoms with van der Waals surface area (Å²) in [7, 11) is 0. The number of fused-ring (bicyclic) bond motifs is 4. The molecule has 28 nitrogen and oxygen atoms in total. The summed E-state index contributed by atoms with van der Waals surface area (Å²) in [6.45, 7) is 31.2. The second-order valence-corrected chi connectivity index (χ2v) is 29.4. The Morgan fingerprint density at radius 3 is 0.877 bits per heavy atom. The SMILES string of the molecule is CC(C)n1cnc2c(Nc3cccc(Cl)c3)nc(N[C@H]3CCNC3)nc21.Cc1cccc(Nc2nc(N[C@@H]3CCCNC3)nc3c2ncn3C(C)C)c1.Cc1cccc(Nc2nc(N[C@@H]3CCNC3)nc3c2ncn3C(C)C)c1.Cc1cccc(Nc2nc(N[C@H]3CCCNC3)nc3c2ncn3C(C)C)c1. The van der Waals surface area contributed by atoms with Gasteiger partial charge in [-0.3, -0.25) is 0 Å². The Morgan fingerprint density at radius 1 is 0.349 bits per heavy atom. The Bertz CT molecular complexity index is 4590. The van der Waals surface area contributed by atoms with Gasteiger partial charge in [-0.1, -0.05) is 54.1 Å². The molecule has 106 heavy (non-hydrogen) atoms. The second kappa shape index (κ2) is 34.2. The maximum Gasteiger partial charge on any atom is 0.227 e. The molecular weight excluding hydrogens is 1350 g/mol. The highest BCUT2D eigenvalue weighted by Crippen LogP contribution is 2.33. The van der Waals surface area contributed by atoms with Gasteiger partial charge in [0.1, 0.15) is 0 Å². The summed E-state index contributed by atoms with van der Waals surface area (Å²) in [4.78, 5) is 56.2. The molecule has 556 valence electrons. The second-order valence-electron chi connectivity index (χ2n) is 28.9. The Labute approximate surface area is 624 Å². The highest BCUT2D eigenvalue weighted by atomic mass is 35.5. The smallest absolute Gasteiger partial charge is 0.227 e. The van der Waals surface area contributed by atoms with E-state index in [1.165, 1.54) is 16.7 Å². The van der Waals surface area contributed by atoms with E-state index in [9.17, 15) is 0 Å². The first-order valence-electron chi connectivity index (χ1n) is 37.3. The van der Waals surface area contributed by atoms with E-state index in [1.54, 1.807) is 0 Å². The summed E-state index contributed by atoms with van der Waals surface area (Å²) in [5.41, 5.74) is 13.9. The summed E-state index contributed by atoms with van der Waals surface area (Å²) in [5.74, 6) is 5.41. The summed E-state index contributed by atoms with van der Waals surface area (Å²) in [6.07, 6.45) is 14.1. The number of nitrogens with one attached hydrogen (secondary N) is 12. The van der Waals surface area contributed by atoms with Crippen molar-refractivity contribution in [1.29, 1.82) is 0 Å². The van der Waals surface area contributed by atoms with Gasteiger partial charge in [-0.25, -0.2) is 19.9 Å². The fourth-order valence-electron chi connectivity index (χ4n) is 13.3. The minimum Gasteiger partial charge on any atom is -0.350 e. The molecule has 4 saturated heterocycles. The quantitative estimate of drug-likeness (QED) is 0.0337. The third kappa shape index (κ3) is 18.6. The Balaban J connectivity index is 0.000000125. The molecule has 4 aliphatic heterocycles. The first kappa shape index (κ1) is 73.9. The number of anilines is 12. The van der Waals surface area contributed by atoms with Crippen LogP contribution in [0, 0.1) is 20.8 Å². The van der Waals surface area contributed by atoms with E-state index >= 15 is 0 Å². The Morgan fingerprint density at radius 2 is 0.623 bits per heavy atom. The summed E-state index contributed by atoms with van der Waals surface area (Å²) in [5, 5.41) is 41.8. The fraction of sp³-hybridized carbons (Fsp3) is 0.429. The van der Waals surface area contributed by atoms with E-state index in [2.05, 4.69) is 220 Å². The van der Waals surface area contributed by atoms with Crippen LogP contribution in [0.4, 0.5) is 69.8 Å². The third-order valence-corrected chi connectivity index (χ3v) is 19.1. The molecule has 0 radical (unpaired) electrons. The molecule has 4 aromatic carbocycles. The average Bonchev–Trinajstić information content (AvgIpc) is 1.64. The number of imidazole rings is 4. The van der Waals surface area contributed by atoms with Gasteiger partial charge in [-0.05, 0) is 212 Å². The van der Waals surface area contributed by atoms with Crippen molar-refractivity contribution in [2.24, 2.45) is 0 Å². The minimum atomic E-state index is 0.259. The molecule has 12 N–H and O–H groups in total. The number of aryl methyl sites for hydroxylation is 3. The number of hydrogen-bond donors (Lipinski definition) is 12. The van der Waals surface area contributed by atoms with E-state index in [1.807, 2.05) is 86.0 Å². The first-order chi connectivity index (χ1) is 51.4. The van der Waals surface area contributed by atoms with Crippen molar-refractivity contribution in [1.82, 2.24) is 99.3 Å². The van der Waals surface area contributed by atoms with Gasteiger partial charge in [0.05, 0.1) is 25.3 Å². The van der Waals surface area contributed by atoms with Gasteiger partial charge in [0.25, 0.3) is 0 Å². The molecule has 0 bridgehead atoms. The topological polar surface area (TPSA) is 319 Å².